The Bertz CT molecular complexity index is 3290. The molecule has 276 valence electrons. The molecule has 0 saturated carbocycles. The summed E-state index contributed by atoms with van der Waals surface area (Å²) < 4.78 is 4.89. The second-order valence-electron chi connectivity index (χ2n) is 15.8. The van der Waals surface area contributed by atoms with Crippen molar-refractivity contribution in [3.8, 4) is 44.8 Å². The van der Waals surface area contributed by atoms with E-state index in [4.69, 9.17) is 0 Å². The van der Waals surface area contributed by atoms with E-state index < -0.39 is 0 Å². The van der Waals surface area contributed by atoms with Gasteiger partial charge in [-0.2, -0.15) is 0 Å². The second kappa shape index (κ2) is 13.8. The van der Waals surface area contributed by atoms with Crippen molar-refractivity contribution >= 4 is 49.2 Å². The summed E-state index contributed by atoms with van der Waals surface area (Å²) in [6, 6.07) is 65.2. The van der Waals surface area contributed by atoms with Gasteiger partial charge < -0.3 is 9.13 Å². The van der Waals surface area contributed by atoms with E-state index in [1.54, 1.807) is 0 Å². The number of aromatic nitrogens is 2. The Kier molecular flexibility index (Phi) is 8.11. The molecule has 1 aliphatic carbocycles. The molecular weight excluding hydrogens is 701 g/mol. The predicted molar refractivity (Wildman–Crippen MR) is 247 cm³/mol. The third-order valence-corrected chi connectivity index (χ3v) is 12.2. The van der Waals surface area contributed by atoms with Crippen molar-refractivity contribution in [2.45, 2.75) is 26.7 Å². The Labute approximate surface area is 339 Å². The number of hydrogen-bond donors (Lipinski definition) is 0. The molecule has 0 bridgehead atoms. The van der Waals surface area contributed by atoms with Crippen LogP contribution < -0.4 is 0 Å². The number of fused-ring (bicyclic) bond motifs is 6. The fourth-order valence-corrected chi connectivity index (χ4v) is 9.31. The molecule has 2 aromatic heterocycles. The van der Waals surface area contributed by atoms with Gasteiger partial charge in [0.05, 0.1) is 22.1 Å². The first kappa shape index (κ1) is 34.1. The Morgan fingerprint density at radius 1 is 0.362 bits per heavy atom. The Morgan fingerprint density at radius 2 is 0.948 bits per heavy atom. The molecule has 0 N–H and O–H groups in total. The fourth-order valence-electron chi connectivity index (χ4n) is 9.31. The van der Waals surface area contributed by atoms with E-state index in [2.05, 4.69) is 217 Å². The van der Waals surface area contributed by atoms with E-state index in [0.29, 0.717) is 0 Å². The van der Waals surface area contributed by atoms with Crippen LogP contribution in [0.1, 0.15) is 29.5 Å². The largest absolute Gasteiger partial charge is 0.309 e. The lowest BCUT2D eigenvalue weighted by molar-refractivity contribution is 1.04. The summed E-state index contributed by atoms with van der Waals surface area (Å²) >= 11 is 0. The lowest BCUT2D eigenvalue weighted by atomic mass is 9.95. The highest BCUT2D eigenvalue weighted by Gasteiger charge is 2.18. The first-order chi connectivity index (χ1) is 28.6. The van der Waals surface area contributed by atoms with Crippen LogP contribution in [0, 0.1) is 13.8 Å². The third-order valence-electron chi connectivity index (χ3n) is 12.2. The fraction of sp³-hybridized carbons (Fsp3) is 0.0714. The summed E-state index contributed by atoms with van der Waals surface area (Å²) in [6.07, 6.45) is 9.13. The predicted octanol–water partition coefficient (Wildman–Crippen LogP) is 15.2. The summed E-state index contributed by atoms with van der Waals surface area (Å²) in [4.78, 5) is 0. The minimum atomic E-state index is 1.07. The quantitative estimate of drug-likeness (QED) is 0.161. The normalized spacial score (nSPS) is 12.9. The van der Waals surface area contributed by atoms with Crippen molar-refractivity contribution in [3.63, 3.8) is 0 Å². The number of allylic oxidation sites excluding steroid dienone is 4. The van der Waals surface area contributed by atoms with Crippen LogP contribution in [0.3, 0.4) is 0 Å². The van der Waals surface area contributed by atoms with Gasteiger partial charge in [0.1, 0.15) is 0 Å². The van der Waals surface area contributed by atoms with Crippen LogP contribution in [0.2, 0.25) is 0 Å². The summed E-state index contributed by atoms with van der Waals surface area (Å²) in [6.45, 7) is 4.41. The standard InChI is InChI=1S/C56H42N2/c1-37-15-9-10-20-47(37)50-36-45(28-25-38(50)2)57-53-23-13-11-21-48(53)51-34-41(26-29-55(51)57)42-27-30-56-52(35-42)49-22-12-14-24-54(49)58(56)46-32-43(39-16-5-3-6-17-39)31-44(33-46)40-18-7-4-8-19-40/h3,5-7,9-36H,4,8H2,1-2H3. The van der Waals surface area contributed by atoms with E-state index in [-0.39, 0.29) is 0 Å². The zero-order chi connectivity index (χ0) is 38.7. The van der Waals surface area contributed by atoms with Crippen LogP contribution in [0.25, 0.3) is 93.9 Å². The number of rotatable bonds is 6. The minimum Gasteiger partial charge on any atom is -0.309 e. The summed E-state index contributed by atoms with van der Waals surface area (Å²) in [5.41, 5.74) is 19.7. The molecular formula is C56H42N2. The molecule has 11 rings (SSSR count). The van der Waals surface area contributed by atoms with Gasteiger partial charge in [0.15, 0.2) is 0 Å². The zero-order valence-corrected chi connectivity index (χ0v) is 32.8. The molecule has 0 atom stereocenters. The zero-order valence-electron chi connectivity index (χ0n) is 32.8. The highest BCUT2D eigenvalue weighted by Crippen LogP contribution is 2.40. The van der Waals surface area contributed by atoms with Gasteiger partial charge in [-0.05, 0) is 149 Å². The molecule has 2 nitrogen and oxygen atoms in total. The summed E-state index contributed by atoms with van der Waals surface area (Å²) in [7, 11) is 0. The van der Waals surface area contributed by atoms with Gasteiger partial charge in [-0.15, -0.1) is 0 Å². The molecule has 58 heavy (non-hydrogen) atoms. The van der Waals surface area contributed by atoms with Crippen LogP contribution in [-0.4, -0.2) is 9.13 Å². The Balaban J connectivity index is 1.07. The van der Waals surface area contributed by atoms with Crippen molar-refractivity contribution in [3.05, 3.63) is 211 Å². The van der Waals surface area contributed by atoms with E-state index in [1.807, 2.05) is 0 Å². The first-order valence-corrected chi connectivity index (χ1v) is 20.4. The maximum atomic E-state index is 2.46. The van der Waals surface area contributed by atoms with E-state index in [0.717, 1.165) is 12.8 Å². The maximum Gasteiger partial charge on any atom is 0.0541 e. The maximum absolute atomic E-state index is 2.46. The van der Waals surface area contributed by atoms with Crippen LogP contribution in [0.5, 0.6) is 0 Å². The van der Waals surface area contributed by atoms with Gasteiger partial charge in [0, 0.05) is 32.9 Å². The van der Waals surface area contributed by atoms with Crippen molar-refractivity contribution < 1.29 is 0 Å². The number of nitrogens with zero attached hydrogens (tertiary/aromatic N) is 2. The molecule has 0 unspecified atom stereocenters. The van der Waals surface area contributed by atoms with Gasteiger partial charge in [-0.25, -0.2) is 0 Å². The average Bonchev–Trinajstić information content (AvgIpc) is 3.79. The lowest BCUT2D eigenvalue weighted by Gasteiger charge is -2.15. The van der Waals surface area contributed by atoms with E-state index in [9.17, 15) is 0 Å². The van der Waals surface area contributed by atoms with Crippen molar-refractivity contribution in [1.29, 1.82) is 0 Å². The Hall–Kier alpha value is -7.16. The van der Waals surface area contributed by atoms with E-state index in [1.165, 1.54) is 111 Å². The monoisotopic (exact) mass is 742 g/mol. The molecule has 2 heteroatoms. The smallest absolute Gasteiger partial charge is 0.0541 e. The molecule has 0 saturated heterocycles. The van der Waals surface area contributed by atoms with Crippen LogP contribution in [0.4, 0.5) is 0 Å². The summed E-state index contributed by atoms with van der Waals surface area (Å²) in [5, 5.41) is 5.02. The lowest BCUT2D eigenvalue weighted by Crippen LogP contribution is -1.97. The number of para-hydroxylation sites is 2. The van der Waals surface area contributed by atoms with Gasteiger partial charge in [-0.1, -0.05) is 127 Å². The van der Waals surface area contributed by atoms with E-state index >= 15 is 0 Å². The van der Waals surface area contributed by atoms with Gasteiger partial charge in [0.2, 0.25) is 0 Å². The highest BCUT2D eigenvalue weighted by molar-refractivity contribution is 6.13. The van der Waals surface area contributed by atoms with Gasteiger partial charge in [-0.3, -0.25) is 0 Å². The summed E-state index contributed by atoms with van der Waals surface area (Å²) in [5.74, 6) is 0. The minimum absolute atomic E-state index is 1.07. The molecule has 1 aliphatic rings. The Morgan fingerprint density at radius 3 is 1.62 bits per heavy atom. The second-order valence-corrected chi connectivity index (χ2v) is 15.8. The van der Waals surface area contributed by atoms with Crippen LogP contribution >= 0.6 is 0 Å². The van der Waals surface area contributed by atoms with Gasteiger partial charge >= 0.3 is 0 Å². The first-order valence-electron chi connectivity index (χ1n) is 20.4. The van der Waals surface area contributed by atoms with Crippen molar-refractivity contribution in [2.75, 3.05) is 0 Å². The molecule has 0 fully saturated rings. The average molecular weight is 743 g/mol. The van der Waals surface area contributed by atoms with Gasteiger partial charge in [0.25, 0.3) is 0 Å². The van der Waals surface area contributed by atoms with Crippen LogP contribution in [-0.2, 0) is 0 Å². The molecule has 10 aromatic rings. The van der Waals surface area contributed by atoms with Crippen LogP contribution in [0.15, 0.2) is 194 Å². The molecule has 0 aliphatic heterocycles. The SMILES string of the molecule is Cc1ccccc1-c1cc(-n2c3ccccc3c3cc(-c4ccc5c(c4)c4ccccc4n5-c4cc(C5=CCCC=C5)cc(-c5ccccc5)c4)ccc32)ccc1C. The number of aryl methyl sites for hydroxylation is 2. The topological polar surface area (TPSA) is 9.86 Å². The molecule has 2 heterocycles. The molecule has 0 spiro atoms. The molecule has 0 amide bonds. The number of benzene rings is 8. The highest BCUT2D eigenvalue weighted by atomic mass is 15.0. The molecule has 8 aromatic carbocycles. The van der Waals surface area contributed by atoms with Crippen molar-refractivity contribution in [2.24, 2.45) is 0 Å². The third kappa shape index (κ3) is 5.64. The molecule has 0 radical (unpaired) electrons. The van der Waals surface area contributed by atoms with Crippen molar-refractivity contribution in [1.82, 2.24) is 9.13 Å². The number of hydrogen-bond acceptors (Lipinski definition) is 0.